The van der Waals surface area contributed by atoms with E-state index in [2.05, 4.69) is 27.5 Å². The van der Waals surface area contributed by atoms with Crippen molar-refractivity contribution in [2.24, 2.45) is 0 Å². The van der Waals surface area contributed by atoms with Gasteiger partial charge in [0, 0.05) is 33.2 Å². The highest BCUT2D eigenvalue weighted by Crippen LogP contribution is 2.24. The molecular weight excluding hydrogens is 242 g/mol. The number of rotatable bonds is 6. The first kappa shape index (κ1) is 13.7. The Morgan fingerprint density at radius 3 is 2.58 bits per heavy atom. The molecule has 0 saturated heterocycles. The SMILES string of the molecule is CN(C)C(=O)c1ccc(NCCN(C)C2CC2)nn1. The van der Waals surface area contributed by atoms with Gasteiger partial charge in [0.25, 0.3) is 5.91 Å². The molecule has 19 heavy (non-hydrogen) atoms. The first-order valence-electron chi connectivity index (χ1n) is 6.57. The molecule has 2 rings (SSSR count). The molecule has 0 radical (unpaired) electrons. The number of amides is 1. The van der Waals surface area contributed by atoms with Gasteiger partial charge in [-0.3, -0.25) is 4.79 Å². The van der Waals surface area contributed by atoms with Gasteiger partial charge in [-0.1, -0.05) is 0 Å². The second kappa shape index (κ2) is 5.97. The fourth-order valence-corrected chi connectivity index (χ4v) is 1.83. The van der Waals surface area contributed by atoms with Crippen LogP contribution in [0.3, 0.4) is 0 Å². The number of hydrogen-bond acceptors (Lipinski definition) is 5. The second-order valence-corrected chi connectivity index (χ2v) is 5.14. The van der Waals surface area contributed by atoms with Crippen LogP contribution in [0.15, 0.2) is 12.1 Å². The van der Waals surface area contributed by atoms with Crippen LogP contribution in [-0.4, -0.2) is 66.2 Å². The number of aromatic nitrogens is 2. The molecular formula is C13H21N5O. The third kappa shape index (κ3) is 3.89. The van der Waals surface area contributed by atoms with Crippen LogP contribution < -0.4 is 5.32 Å². The average molecular weight is 263 g/mol. The molecule has 104 valence electrons. The highest BCUT2D eigenvalue weighted by molar-refractivity contribution is 5.91. The van der Waals surface area contributed by atoms with Crippen LogP contribution in [-0.2, 0) is 0 Å². The smallest absolute Gasteiger partial charge is 0.273 e. The average Bonchev–Trinajstić information content (AvgIpc) is 3.23. The maximum atomic E-state index is 11.6. The zero-order valence-electron chi connectivity index (χ0n) is 11.8. The van der Waals surface area contributed by atoms with Crippen LogP contribution in [0.4, 0.5) is 5.82 Å². The quantitative estimate of drug-likeness (QED) is 0.818. The lowest BCUT2D eigenvalue weighted by atomic mass is 10.3. The van der Waals surface area contributed by atoms with E-state index in [4.69, 9.17) is 0 Å². The summed E-state index contributed by atoms with van der Waals surface area (Å²) in [6.45, 7) is 1.83. The molecule has 0 atom stereocenters. The van der Waals surface area contributed by atoms with Crippen molar-refractivity contribution < 1.29 is 4.79 Å². The summed E-state index contributed by atoms with van der Waals surface area (Å²) < 4.78 is 0. The molecule has 1 aromatic heterocycles. The summed E-state index contributed by atoms with van der Waals surface area (Å²) in [5.41, 5.74) is 0.366. The second-order valence-electron chi connectivity index (χ2n) is 5.14. The normalized spacial score (nSPS) is 14.5. The molecule has 1 amide bonds. The molecule has 0 unspecified atom stereocenters. The Bertz CT molecular complexity index is 427. The summed E-state index contributed by atoms with van der Waals surface area (Å²) in [6.07, 6.45) is 2.63. The summed E-state index contributed by atoms with van der Waals surface area (Å²) in [6, 6.07) is 4.26. The first-order valence-corrected chi connectivity index (χ1v) is 6.57. The van der Waals surface area contributed by atoms with Gasteiger partial charge in [0.05, 0.1) is 0 Å². The van der Waals surface area contributed by atoms with Crippen LogP contribution in [0.1, 0.15) is 23.3 Å². The largest absolute Gasteiger partial charge is 0.367 e. The predicted molar refractivity (Wildman–Crippen MR) is 74.2 cm³/mol. The molecule has 1 aliphatic carbocycles. The first-order chi connectivity index (χ1) is 9.08. The molecule has 1 aliphatic rings. The van der Waals surface area contributed by atoms with Gasteiger partial charge in [0.2, 0.25) is 0 Å². The molecule has 0 aromatic carbocycles. The van der Waals surface area contributed by atoms with Crippen molar-refractivity contribution in [3.63, 3.8) is 0 Å². The Morgan fingerprint density at radius 2 is 2.05 bits per heavy atom. The van der Waals surface area contributed by atoms with E-state index < -0.39 is 0 Å². The van der Waals surface area contributed by atoms with Crippen molar-refractivity contribution in [3.8, 4) is 0 Å². The number of anilines is 1. The van der Waals surface area contributed by atoms with Crippen LogP contribution in [0.5, 0.6) is 0 Å². The van der Waals surface area contributed by atoms with Crippen molar-refractivity contribution in [2.45, 2.75) is 18.9 Å². The predicted octanol–water partition coefficient (Wildman–Crippen LogP) is 0.684. The molecule has 6 nitrogen and oxygen atoms in total. The molecule has 1 N–H and O–H groups in total. The maximum Gasteiger partial charge on any atom is 0.273 e. The van der Waals surface area contributed by atoms with E-state index in [9.17, 15) is 4.79 Å². The van der Waals surface area contributed by atoms with Crippen molar-refractivity contribution in [3.05, 3.63) is 17.8 Å². The van der Waals surface area contributed by atoms with Crippen LogP contribution in [0, 0.1) is 0 Å². The fraction of sp³-hybridized carbons (Fsp3) is 0.615. The van der Waals surface area contributed by atoms with E-state index in [0.717, 1.165) is 19.1 Å². The lowest BCUT2D eigenvalue weighted by molar-refractivity contribution is 0.0821. The van der Waals surface area contributed by atoms with Crippen LogP contribution in [0.2, 0.25) is 0 Å². The minimum absolute atomic E-state index is 0.132. The summed E-state index contributed by atoms with van der Waals surface area (Å²) in [7, 11) is 5.54. The maximum absolute atomic E-state index is 11.6. The minimum atomic E-state index is -0.132. The fourth-order valence-electron chi connectivity index (χ4n) is 1.83. The molecule has 0 aliphatic heterocycles. The molecule has 1 aromatic rings. The van der Waals surface area contributed by atoms with Crippen molar-refractivity contribution >= 4 is 11.7 Å². The van der Waals surface area contributed by atoms with E-state index in [1.54, 1.807) is 26.2 Å². The Balaban J connectivity index is 1.79. The van der Waals surface area contributed by atoms with E-state index in [1.807, 2.05) is 0 Å². The Morgan fingerprint density at radius 1 is 1.32 bits per heavy atom. The van der Waals surface area contributed by atoms with Gasteiger partial charge in [-0.05, 0) is 32.0 Å². The van der Waals surface area contributed by atoms with Crippen LogP contribution >= 0.6 is 0 Å². The number of likely N-dealkylation sites (N-methyl/N-ethyl adjacent to an activating group) is 1. The number of carbonyl (C=O) groups excluding carboxylic acids is 1. The molecule has 1 heterocycles. The Labute approximate surface area is 113 Å². The number of nitrogens with zero attached hydrogens (tertiary/aromatic N) is 4. The molecule has 0 bridgehead atoms. The summed E-state index contributed by atoms with van der Waals surface area (Å²) in [5.74, 6) is 0.576. The monoisotopic (exact) mass is 263 g/mol. The third-order valence-electron chi connectivity index (χ3n) is 3.23. The van der Waals surface area contributed by atoms with E-state index in [0.29, 0.717) is 11.5 Å². The third-order valence-corrected chi connectivity index (χ3v) is 3.23. The summed E-state index contributed by atoms with van der Waals surface area (Å²) in [4.78, 5) is 15.5. The van der Waals surface area contributed by atoms with Gasteiger partial charge >= 0.3 is 0 Å². The standard InChI is InChI=1S/C13H21N5O/c1-17(2)13(19)11-6-7-12(16-15-11)14-8-9-18(3)10-4-5-10/h6-7,10H,4-5,8-9H2,1-3H3,(H,14,16). The topological polar surface area (TPSA) is 61.4 Å². The highest BCUT2D eigenvalue weighted by Gasteiger charge is 2.25. The molecule has 0 spiro atoms. The van der Waals surface area contributed by atoms with Gasteiger partial charge in [0.15, 0.2) is 5.69 Å². The minimum Gasteiger partial charge on any atom is -0.367 e. The zero-order chi connectivity index (χ0) is 13.8. The van der Waals surface area contributed by atoms with Crippen molar-refractivity contribution in [1.29, 1.82) is 0 Å². The van der Waals surface area contributed by atoms with Gasteiger partial charge in [0.1, 0.15) is 5.82 Å². The van der Waals surface area contributed by atoms with Crippen LogP contribution in [0.25, 0.3) is 0 Å². The van der Waals surface area contributed by atoms with Gasteiger partial charge in [-0.2, -0.15) is 0 Å². The van der Waals surface area contributed by atoms with Gasteiger partial charge in [-0.15, -0.1) is 10.2 Å². The summed E-state index contributed by atoms with van der Waals surface area (Å²) in [5, 5.41) is 11.2. The van der Waals surface area contributed by atoms with E-state index in [-0.39, 0.29) is 5.91 Å². The van der Waals surface area contributed by atoms with Crippen molar-refractivity contribution in [1.82, 2.24) is 20.0 Å². The highest BCUT2D eigenvalue weighted by atomic mass is 16.2. The molecule has 1 fully saturated rings. The van der Waals surface area contributed by atoms with Gasteiger partial charge < -0.3 is 15.1 Å². The van der Waals surface area contributed by atoms with Gasteiger partial charge in [-0.25, -0.2) is 0 Å². The number of hydrogen-bond donors (Lipinski definition) is 1. The zero-order valence-corrected chi connectivity index (χ0v) is 11.8. The van der Waals surface area contributed by atoms with E-state index >= 15 is 0 Å². The Hall–Kier alpha value is -1.69. The van der Waals surface area contributed by atoms with E-state index in [1.165, 1.54) is 17.7 Å². The lowest BCUT2D eigenvalue weighted by Crippen LogP contribution is -2.27. The summed E-state index contributed by atoms with van der Waals surface area (Å²) >= 11 is 0. The number of carbonyl (C=O) groups is 1. The molecule has 1 saturated carbocycles. The lowest BCUT2D eigenvalue weighted by Gasteiger charge is -2.15. The molecule has 6 heteroatoms. The van der Waals surface area contributed by atoms with Crippen molar-refractivity contribution in [2.75, 3.05) is 39.5 Å². The Kier molecular flexibility index (Phi) is 4.31. The number of nitrogens with one attached hydrogen (secondary N) is 1.